The Hall–Kier alpha value is -1.51. The number of rotatable bonds is 7. The van der Waals surface area contributed by atoms with Gasteiger partial charge in [-0.3, -0.25) is 10.9 Å². The lowest BCUT2D eigenvalue weighted by Crippen LogP contribution is -2.43. The van der Waals surface area contributed by atoms with Crippen LogP contribution < -0.4 is 11.4 Å². The lowest BCUT2D eigenvalue weighted by atomic mass is 10.5. The number of nitrogens with one attached hydrogen (secondary N) is 1. The molecular formula is C8H13N3O4S. The monoisotopic (exact) mass is 247 g/mol. The standard InChI is InChI=1S/C8H13N3O4S/c1-14-7(12)2-3-8(13)15-5-4-11(6-16)10-9/h2-3,6,10H,4-5,9H2,1H3/b3-2+. The predicted molar refractivity (Wildman–Crippen MR) is 59.8 cm³/mol. The van der Waals surface area contributed by atoms with E-state index >= 15 is 0 Å². The Bertz CT molecular complexity index is 282. The number of esters is 2. The number of carbonyl (C=O) groups excluding carboxylic acids is 2. The number of ether oxygens (including phenoxy) is 2. The van der Waals surface area contributed by atoms with E-state index in [1.54, 1.807) is 0 Å². The van der Waals surface area contributed by atoms with Crippen molar-refractivity contribution in [2.45, 2.75) is 0 Å². The molecule has 0 aliphatic rings. The first-order valence-corrected chi connectivity index (χ1v) is 4.72. The van der Waals surface area contributed by atoms with E-state index in [2.05, 4.69) is 22.5 Å². The Morgan fingerprint density at radius 1 is 1.44 bits per heavy atom. The summed E-state index contributed by atoms with van der Waals surface area (Å²) < 4.78 is 9.03. The number of hydrogen-bond acceptors (Lipinski definition) is 7. The average Bonchev–Trinajstić information content (AvgIpc) is 2.31. The van der Waals surface area contributed by atoms with E-state index in [1.807, 2.05) is 0 Å². The number of methoxy groups -OCH3 is 1. The van der Waals surface area contributed by atoms with Gasteiger partial charge in [0, 0.05) is 12.2 Å². The van der Waals surface area contributed by atoms with Gasteiger partial charge in [-0.15, -0.1) is 0 Å². The molecule has 0 rings (SSSR count). The van der Waals surface area contributed by atoms with Crippen LogP contribution >= 0.6 is 12.2 Å². The Morgan fingerprint density at radius 3 is 2.56 bits per heavy atom. The van der Waals surface area contributed by atoms with Gasteiger partial charge in [0.05, 0.1) is 19.1 Å². The molecule has 0 aromatic rings. The second-order valence-electron chi connectivity index (χ2n) is 2.45. The van der Waals surface area contributed by atoms with Crippen molar-refractivity contribution in [1.82, 2.24) is 10.5 Å². The third-order valence-corrected chi connectivity index (χ3v) is 1.68. The predicted octanol–water partition coefficient (Wildman–Crippen LogP) is -1.10. The van der Waals surface area contributed by atoms with Crippen LogP contribution in [0.3, 0.4) is 0 Å². The van der Waals surface area contributed by atoms with Gasteiger partial charge < -0.3 is 9.47 Å². The fourth-order valence-corrected chi connectivity index (χ4v) is 0.811. The molecule has 0 fully saturated rings. The largest absolute Gasteiger partial charge is 0.466 e. The van der Waals surface area contributed by atoms with Gasteiger partial charge in [-0.05, 0) is 0 Å². The maximum Gasteiger partial charge on any atom is 0.331 e. The molecule has 0 radical (unpaired) electrons. The van der Waals surface area contributed by atoms with E-state index in [4.69, 9.17) is 10.6 Å². The van der Waals surface area contributed by atoms with Crippen LogP contribution in [-0.4, -0.2) is 42.7 Å². The minimum absolute atomic E-state index is 0.0850. The molecule has 0 aliphatic heterocycles. The number of carbonyl (C=O) groups is 2. The molecule has 0 unspecified atom stereocenters. The molecule has 0 saturated heterocycles. The molecular weight excluding hydrogens is 234 g/mol. The fourth-order valence-electron chi connectivity index (χ4n) is 0.645. The van der Waals surface area contributed by atoms with Crippen molar-refractivity contribution in [3.8, 4) is 0 Å². The topological polar surface area (TPSA) is 93.9 Å². The summed E-state index contributed by atoms with van der Waals surface area (Å²) in [4.78, 5) is 21.6. The molecule has 0 aromatic carbocycles. The van der Waals surface area contributed by atoms with Crippen LogP contribution in [0.4, 0.5) is 0 Å². The van der Waals surface area contributed by atoms with E-state index < -0.39 is 11.9 Å². The van der Waals surface area contributed by atoms with Gasteiger partial charge in [0.1, 0.15) is 6.61 Å². The number of hydrazine groups is 2. The van der Waals surface area contributed by atoms with Crippen LogP contribution in [0.5, 0.6) is 0 Å². The van der Waals surface area contributed by atoms with Crippen molar-refractivity contribution in [1.29, 1.82) is 0 Å². The molecule has 0 heterocycles. The first kappa shape index (κ1) is 14.5. The molecule has 16 heavy (non-hydrogen) atoms. The molecule has 0 bridgehead atoms. The van der Waals surface area contributed by atoms with Crippen LogP contribution in [0.1, 0.15) is 0 Å². The zero-order chi connectivity index (χ0) is 12.4. The van der Waals surface area contributed by atoms with Crippen LogP contribution in [0.25, 0.3) is 0 Å². The van der Waals surface area contributed by atoms with Crippen LogP contribution in [0, 0.1) is 0 Å². The zero-order valence-electron chi connectivity index (χ0n) is 8.71. The Morgan fingerprint density at radius 2 is 2.06 bits per heavy atom. The Kier molecular flexibility index (Phi) is 7.94. The molecule has 0 aromatic heterocycles. The summed E-state index contributed by atoms with van der Waals surface area (Å²) in [6.07, 6.45) is 1.95. The minimum Gasteiger partial charge on any atom is -0.466 e. The summed E-state index contributed by atoms with van der Waals surface area (Å²) >= 11 is 4.60. The summed E-state index contributed by atoms with van der Waals surface area (Å²) in [5.74, 6) is 3.81. The van der Waals surface area contributed by atoms with E-state index in [-0.39, 0.29) is 6.61 Å². The van der Waals surface area contributed by atoms with E-state index in [0.29, 0.717) is 6.54 Å². The third kappa shape index (κ3) is 6.87. The normalized spacial score (nSPS) is 9.88. The SMILES string of the molecule is COC(=O)/C=C/C(=O)OCCN(C=S)NN. The second-order valence-corrected chi connectivity index (χ2v) is 2.66. The van der Waals surface area contributed by atoms with Crippen LogP contribution in [-0.2, 0) is 19.1 Å². The van der Waals surface area contributed by atoms with Crippen molar-refractivity contribution in [2.24, 2.45) is 5.84 Å². The molecule has 0 aliphatic carbocycles. The fraction of sp³-hybridized carbons (Fsp3) is 0.375. The van der Waals surface area contributed by atoms with Gasteiger partial charge >= 0.3 is 11.9 Å². The first-order chi connectivity index (χ1) is 7.63. The molecule has 8 heteroatoms. The van der Waals surface area contributed by atoms with E-state index in [1.165, 1.54) is 17.6 Å². The quantitative estimate of drug-likeness (QED) is 0.192. The zero-order valence-corrected chi connectivity index (χ0v) is 9.53. The molecule has 0 amide bonds. The molecule has 7 nitrogen and oxygen atoms in total. The number of hydrogen-bond donors (Lipinski definition) is 2. The minimum atomic E-state index is -0.647. The summed E-state index contributed by atoms with van der Waals surface area (Å²) in [6.45, 7) is 0.388. The molecule has 3 N–H and O–H groups in total. The number of thiocarbonyl (C=S) groups is 1. The van der Waals surface area contributed by atoms with Crippen molar-refractivity contribution < 1.29 is 19.1 Å². The average molecular weight is 247 g/mol. The molecule has 90 valence electrons. The number of nitrogens with two attached hydrogens (primary N) is 1. The molecule has 0 spiro atoms. The van der Waals surface area contributed by atoms with Crippen LogP contribution in [0.2, 0.25) is 0 Å². The summed E-state index contributed by atoms with van der Waals surface area (Å²) in [5.41, 5.74) is 3.55. The molecule has 0 saturated carbocycles. The van der Waals surface area contributed by atoms with E-state index in [9.17, 15) is 9.59 Å². The number of nitrogens with zero attached hydrogens (tertiary/aromatic N) is 1. The van der Waals surface area contributed by atoms with Gasteiger partial charge in [-0.2, -0.15) is 5.53 Å². The maximum atomic E-state index is 11.0. The second kappa shape index (κ2) is 8.77. The summed E-state index contributed by atoms with van der Waals surface area (Å²) in [6, 6.07) is 0. The van der Waals surface area contributed by atoms with Crippen molar-refractivity contribution in [2.75, 3.05) is 20.3 Å². The van der Waals surface area contributed by atoms with Gasteiger partial charge in [0.25, 0.3) is 0 Å². The van der Waals surface area contributed by atoms with Crippen molar-refractivity contribution in [3.05, 3.63) is 12.2 Å². The maximum absolute atomic E-state index is 11.0. The first-order valence-electron chi connectivity index (χ1n) is 4.25. The highest BCUT2D eigenvalue weighted by Gasteiger charge is 2.01. The van der Waals surface area contributed by atoms with Gasteiger partial charge in [0.2, 0.25) is 0 Å². The van der Waals surface area contributed by atoms with Gasteiger partial charge in [-0.25, -0.2) is 9.59 Å². The van der Waals surface area contributed by atoms with E-state index in [0.717, 1.165) is 12.2 Å². The highest BCUT2D eigenvalue weighted by molar-refractivity contribution is 7.78. The molecule has 0 atom stereocenters. The lowest BCUT2D eigenvalue weighted by molar-refractivity contribution is -0.139. The summed E-state index contributed by atoms with van der Waals surface area (Å²) in [7, 11) is 1.21. The van der Waals surface area contributed by atoms with Gasteiger partial charge in [0.15, 0.2) is 0 Å². The third-order valence-electron chi connectivity index (χ3n) is 1.43. The van der Waals surface area contributed by atoms with Crippen molar-refractivity contribution in [3.63, 3.8) is 0 Å². The highest BCUT2D eigenvalue weighted by Crippen LogP contribution is 1.85. The lowest BCUT2D eigenvalue weighted by Gasteiger charge is -2.15. The Labute approximate surface area is 98.1 Å². The smallest absolute Gasteiger partial charge is 0.331 e. The van der Waals surface area contributed by atoms with Gasteiger partial charge in [-0.1, -0.05) is 12.2 Å². The van der Waals surface area contributed by atoms with Crippen LogP contribution in [0.15, 0.2) is 12.2 Å². The highest BCUT2D eigenvalue weighted by atomic mass is 32.1. The summed E-state index contributed by atoms with van der Waals surface area (Å²) in [5, 5.41) is 1.35. The van der Waals surface area contributed by atoms with Crippen molar-refractivity contribution >= 4 is 29.6 Å². The Balaban J connectivity index is 3.77.